The summed E-state index contributed by atoms with van der Waals surface area (Å²) in [5, 5.41) is 20.7. The molecule has 0 saturated carbocycles. The van der Waals surface area contributed by atoms with Crippen molar-refractivity contribution in [3.8, 4) is 0 Å². The van der Waals surface area contributed by atoms with E-state index >= 15 is 0 Å². The zero-order valence-electron chi connectivity index (χ0n) is 10.1. The summed E-state index contributed by atoms with van der Waals surface area (Å²) in [6.07, 6.45) is 1.43. The van der Waals surface area contributed by atoms with Gasteiger partial charge in [-0.3, -0.25) is 15.2 Å². The lowest BCUT2D eigenvalue weighted by Crippen LogP contribution is -2.19. The van der Waals surface area contributed by atoms with Crippen LogP contribution in [0.3, 0.4) is 0 Å². The van der Waals surface area contributed by atoms with Gasteiger partial charge in [-0.15, -0.1) is 0 Å². The number of aromatic nitrogens is 3. The number of halogens is 1. The molecule has 100 valence electrons. The maximum Gasteiger partial charge on any atom is 0.275 e. The Bertz CT molecular complexity index is 572. The zero-order valence-corrected chi connectivity index (χ0v) is 11.7. The Kier molecular flexibility index (Phi) is 4.23. The fourth-order valence-corrected chi connectivity index (χ4v) is 1.99. The molecular weight excluding hydrogens is 314 g/mol. The molecular formula is C11H12BrN5O2. The van der Waals surface area contributed by atoms with Crippen molar-refractivity contribution in [3.63, 3.8) is 0 Å². The van der Waals surface area contributed by atoms with Crippen molar-refractivity contribution >= 4 is 21.6 Å². The summed E-state index contributed by atoms with van der Waals surface area (Å²) >= 11 is 3.23. The second-order valence-electron chi connectivity index (χ2n) is 4.00. The number of H-pyrrole nitrogens is 1. The highest BCUT2D eigenvalue weighted by Crippen LogP contribution is 2.23. The molecule has 0 saturated heterocycles. The van der Waals surface area contributed by atoms with Crippen LogP contribution in [0.15, 0.2) is 29.0 Å². The highest BCUT2D eigenvalue weighted by Gasteiger charge is 2.15. The summed E-state index contributed by atoms with van der Waals surface area (Å²) in [4.78, 5) is 14.6. The molecule has 2 rings (SSSR count). The van der Waals surface area contributed by atoms with Gasteiger partial charge in [0, 0.05) is 22.6 Å². The third-order valence-corrected chi connectivity index (χ3v) is 3.18. The molecule has 0 spiro atoms. The van der Waals surface area contributed by atoms with E-state index in [0.717, 1.165) is 0 Å². The van der Waals surface area contributed by atoms with Gasteiger partial charge in [0.15, 0.2) is 0 Å². The monoisotopic (exact) mass is 325 g/mol. The number of benzene rings is 1. The highest BCUT2D eigenvalue weighted by molar-refractivity contribution is 9.10. The van der Waals surface area contributed by atoms with E-state index in [-0.39, 0.29) is 16.7 Å². The molecule has 0 radical (unpaired) electrons. The maximum atomic E-state index is 11.0. The van der Waals surface area contributed by atoms with E-state index in [2.05, 4.69) is 36.4 Å². The summed E-state index contributed by atoms with van der Waals surface area (Å²) in [7, 11) is 0. The maximum absolute atomic E-state index is 11.0. The van der Waals surface area contributed by atoms with Crippen LogP contribution in [0.25, 0.3) is 0 Å². The summed E-state index contributed by atoms with van der Waals surface area (Å²) in [5.74, 6) is 0.694. The SMILES string of the molecule is CC(NCc1ccc(Br)cc1[N+](=O)[O-])c1ncn[nH]1. The van der Waals surface area contributed by atoms with Crippen LogP contribution >= 0.6 is 15.9 Å². The van der Waals surface area contributed by atoms with Crippen LogP contribution in [0.4, 0.5) is 5.69 Å². The van der Waals surface area contributed by atoms with Gasteiger partial charge in [0.1, 0.15) is 12.2 Å². The molecule has 0 aliphatic heterocycles. The van der Waals surface area contributed by atoms with Gasteiger partial charge in [-0.2, -0.15) is 5.10 Å². The third-order valence-electron chi connectivity index (χ3n) is 2.69. The van der Waals surface area contributed by atoms with Crippen molar-refractivity contribution in [1.29, 1.82) is 0 Å². The molecule has 1 aromatic heterocycles. The first-order valence-electron chi connectivity index (χ1n) is 5.59. The van der Waals surface area contributed by atoms with Gasteiger partial charge >= 0.3 is 0 Å². The van der Waals surface area contributed by atoms with Crippen LogP contribution in [0.2, 0.25) is 0 Å². The van der Waals surface area contributed by atoms with Crippen LogP contribution in [-0.2, 0) is 6.54 Å². The Morgan fingerprint density at radius 2 is 2.37 bits per heavy atom. The summed E-state index contributed by atoms with van der Waals surface area (Å²) < 4.78 is 0.686. The minimum Gasteiger partial charge on any atom is -0.303 e. The Hall–Kier alpha value is -1.80. The van der Waals surface area contributed by atoms with Crippen molar-refractivity contribution in [2.45, 2.75) is 19.5 Å². The number of hydrogen-bond acceptors (Lipinski definition) is 5. The normalized spacial score (nSPS) is 12.3. The molecule has 1 heterocycles. The smallest absolute Gasteiger partial charge is 0.275 e. The van der Waals surface area contributed by atoms with E-state index in [1.54, 1.807) is 12.1 Å². The average molecular weight is 326 g/mol. The average Bonchev–Trinajstić information content (AvgIpc) is 2.90. The molecule has 7 nitrogen and oxygen atoms in total. The molecule has 0 amide bonds. The Morgan fingerprint density at radius 3 is 3.00 bits per heavy atom. The quantitative estimate of drug-likeness (QED) is 0.649. The van der Waals surface area contributed by atoms with Crippen LogP contribution in [0, 0.1) is 10.1 Å². The van der Waals surface area contributed by atoms with Gasteiger partial charge < -0.3 is 5.32 Å². The van der Waals surface area contributed by atoms with Crippen molar-refractivity contribution in [3.05, 3.63) is 50.5 Å². The molecule has 2 aromatic rings. The molecule has 1 atom stereocenters. The minimum atomic E-state index is -0.388. The predicted molar refractivity (Wildman–Crippen MR) is 72.4 cm³/mol. The largest absolute Gasteiger partial charge is 0.303 e. The molecule has 2 N–H and O–H groups in total. The van der Waals surface area contributed by atoms with Crippen molar-refractivity contribution in [2.75, 3.05) is 0 Å². The molecule has 8 heteroatoms. The summed E-state index contributed by atoms with van der Waals surface area (Å²) in [5.41, 5.74) is 0.714. The molecule has 1 aromatic carbocycles. The standard InChI is InChI=1S/C11H12BrN5O2/c1-7(11-14-6-15-16-11)13-5-8-2-3-9(12)4-10(8)17(18)19/h2-4,6-7,13H,5H2,1H3,(H,14,15,16). The van der Waals surface area contributed by atoms with Gasteiger partial charge in [0.2, 0.25) is 0 Å². The van der Waals surface area contributed by atoms with Gasteiger partial charge in [-0.05, 0) is 19.1 Å². The Morgan fingerprint density at radius 1 is 1.58 bits per heavy atom. The lowest BCUT2D eigenvalue weighted by atomic mass is 10.1. The van der Waals surface area contributed by atoms with Crippen LogP contribution < -0.4 is 5.32 Å². The number of nitro groups is 1. The molecule has 0 bridgehead atoms. The number of nitrogens with zero attached hydrogens (tertiary/aromatic N) is 3. The molecule has 0 fully saturated rings. The lowest BCUT2D eigenvalue weighted by molar-refractivity contribution is -0.385. The highest BCUT2D eigenvalue weighted by atomic mass is 79.9. The van der Waals surface area contributed by atoms with Crippen molar-refractivity contribution in [1.82, 2.24) is 20.5 Å². The topological polar surface area (TPSA) is 96.7 Å². The van der Waals surface area contributed by atoms with E-state index in [0.29, 0.717) is 22.4 Å². The Balaban J connectivity index is 2.09. The third kappa shape index (κ3) is 3.36. The first-order chi connectivity index (χ1) is 9.08. The predicted octanol–water partition coefficient (Wildman–Crippen LogP) is 2.33. The number of hydrogen-bond donors (Lipinski definition) is 2. The fraction of sp³-hybridized carbons (Fsp3) is 0.273. The second-order valence-corrected chi connectivity index (χ2v) is 4.92. The number of nitrogens with one attached hydrogen (secondary N) is 2. The van der Waals surface area contributed by atoms with Gasteiger partial charge in [0.25, 0.3) is 5.69 Å². The first kappa shape index (κ1) is 13.6. The zero-order chi connectivity index (χ0) is 13.8. The molecule has 19 heavy (non-hydrogen) atoms. The number of aromatic amines is 1. The molecule has 0 aliphatic rings. The van der Waals surface area contributed by atoms with Crippen LogP contribution in [0.1, 0.15) is 24.4 Å². The van der Waals surface area contributed by atoms with Crippen LogP contribution in [-0.4, -0.2) is 20.1 Å². The summed E-state index contributed by atoms with van der Waals surface area (Å²) in [6.45, 7) is 2.29. The van der Waals surface area contributed by atoms with E-state index in [9.17, 15) is 10.1 Å². The number of rotatable bonds is 5. The van der Waals surface area contributed by atoms with E-state index < -0.39 is 0 Å². The van der Waals surface area contributed by atoms with E-state index in [4.69, 9.17) is 0 Å². The van der Waals surface area contributed by atoms with Crippen LogP contribution in [0.5, 0.6) is 0 Å². The van der Waals surface area contributed by atoms with Gasteiger partial charge in [-0.1, -0.05) is 15.9 Å². The van der Waals surface area contributed by atoms with Crippen molar-refractivity contribution in [2.24, 2.45) is 0 Å². The first-order valence-corrected chi connectivity index (χ1v) is 6.38. The Labute approximate surface area is 117 Å². The van der Waals surface area contributed by atoms with E-state index in [1.807, 2.05) is 6.92 Å². The van der Waals surface area contributed by atoms with Gasteiger partial charge in [-0.25, -0.2) is 4.98 Å². The second kappa shape index (κ2) is 5.89. The van der Waals surface area contributed by atoms with Gasteiger partial charge in [0.05, 0.1) is 11.0 Å². The molecule has 1 unspecified atom stereocenters. The summed E-state index contributed by atoms with van der Waals surface area (Å²) in [6, 6.07) is 4.94. The van der Waals surface area contributed by atoms with Crippen molar-refractivity contribution < 1.29 is 4.92 Å². The van der Waals surface area contributed by atoms with E-state index in [1.165, 1.54) is 12.4 Å². The minimum absolute atomic E-state index is 0.0641. The molecule has 0 aliphatic carbocycles. The number of nitro benzene ring substituents is 1. The lowest BCUT2D eigenvalue weighted by Gasteiger charge is -2.11. The fourth-order valence-electron chi connectivity index (χ4n) is 1.64.